The van der Waals surface area contributed by atoms with Gasteiger partial charge in [-0.25, -0.2) is 9.59 Å². The van der Waals surface area contributed by atoms with Crippen LogP contribution >= 0.6 is 0 Å². The molecular formula is C11H17NO4. The molecule has 0 spiro atoms. The van der Waals surface area contributed by atoms with Gasteiger partial charge in [0.05, 0.1) is 12.6 Å². The van der Waals surface area contributed by atoms with Crippen molar-refractivity contribution in [2.45, 2.75) is 32.7 Å². The molecule has 1 rings (SSSR count). The summed E-state index contributed by atoms with van der Waals surface area (Å²) in [5, 5.41) is 8.92. The Kier molecular flexibility index (Phi) is 4.34. The average molecular weight is 227 g/mol. The van der Waals surface area contributed by atoms with Crippen LogP contribution in [0, 0.1) is 0 Å². The minimum absolute atomic E-state index is 0.193. The van der Waals surface area contributed by atoms with Crippen molar-refractivity contribution < 1.29 is 19.4 Å². The van der Waals surface area contributed by atoms with E-state index in [-0.39, 0.29) is 12.0 Å². The molecule has 1 aliphatic rings. The van der Waals surface area contributed by atoms with E-state index in [9.17, 15) is 9.59 Å². The van der Waals surface area contributed by atoms with E-state index in [1.807, 2.05) is 0 Å². The highest BCUT2D eigenvalue weighted by Crippen LogP contribution is 2.19. The Morgan fingerprint density at radius 2 is 2.25 bits per heavy atom. The van der Waals surface area contributed by atoms with Crippen molar-refractivity contribution in [1.29, 1.82) is 0 Å². The summed E-state index contributed by atoms with van der Waals surface area (Å²) < 4.78 is 4.84. The highest BCUT2D eigenvalue weighted by Gasteiger charge is 2.27. The Morgan fingerprint density at radius 3 is 2.81 bits per heavy atom. The largest absolute Gasteiger partial charge is 0.465 e. The molecule has 1 saturated heterocycles. The lowest BCUT2D eigenvalue weighted by Gasteiger charge is -2.18. The highest BCUT2D eigenvalue weighted by molar-refractivity contribution is 5.88. The van der Waals surface area contributed by atoms with Gasteiger partial charge in [-0.2, -0.15) is 0 Å². The molecule has 0 radical (unpaired) electrons. The minimum Gasteiger partial charge on any atom is -0.465 e. The predicted octanol–water partition coefficient (Wildman–Crippen LogP) is 1.64. The molecule has 0 bridgehead atoms. The molecule has 1 atom stereocenters. The van der Waals surface area contributed by atoms with Gasteiger partial charge in [0.1, 0.15) is 0 Å². The van der Waals surface area contributed by atoms with Crippen LogP contribution in [0.2, 0.25) is 0 Å². The Bertz CT molecular complexity index is 311. The van der Waals surface area contributed by atoms with Crippen molar-refractivity contribution in [3.8, 4) is 0 Å². The summed E-state index contributed by atoms with van der Waals surface area (Å²) in [6, 6.07) is -0.193. The van der Waals surface area contributed by atoms with Gasteiger partial charge in [0.15, 0.2) is 0 Å². The van der Waals surface area contributed by atoms with Gasteiger partial charge in [-0.3, -0.25) is 0 Å². The molecule has 0 unspecified atom stereocenters. The number of hydrogen-bond donors (Lipinski definition) is 1. The number of carbonyl (C=O) groups excluding carboxylic acids is 1. The Hall–Kier alpha value is -1.52. The van der Waals surface area contributed by atoms with Gasteiger partial charge in [-0.1, -0.05) is 6.08 Å². The summed E-state index contributed by atoms with van der Waals surface area (Å²) in [5.74, 6) is -0.375. The maximum atomic E-state index is 11.4. The monoisotopic (exact) mass is 227 g/mol. The van der Waals surface area contributed by atoms with Gasteiger partial charge in [0, 0.05) is 12.1 Å². The van der Waals surface area contributed by atoms with E-state index in [4.69, 9.17) is 9.84 Å². The van der Waals surface area contributed by atoms with Gasteiger partial charge < -0.3 is 14.7 Å². The SMILES string of the molecule is CCOC(=O)C(C)=C[C@@H]1CCCN1C(=O)O. The van der Waals surface area contributed by atoms with E-state index in [1.165, 1.54) is 4.90 Å². The van der Waals surface area contributed by atoms with Crippen LogP contribution in [0.4, 0.5) is 4.79 Å². The fraction of sp³-hybridized carbons (Fsp3) is 0.636. The second kappa shape index (κ2) is 5.53. The van der Waals surface area contributed by atoms with Gasteiger partial charge in [-0.15, -0.1) is 0 Å². The molecular weight excluding hydrogens is 210 g/mol. The van der Waals surface area contributed by atoms with E-state index in [2.05, 4.69) is 0 Å². The zero-order valence-corrected chi connectivity index (χ0v) is 9.60. The smallest absolute Gasteiger partial charge is 0.407 e. The third-order valence-corrected chi connectivity index (χ3v) is 2.58. The number of carbonyl (C=O) groups is 2. The molecule has 16 heavy (non-hydrogen) atoms. The Balaban J connectivity index is 2.67. The third-order valence-electron chi connectivity index (χ3n) is 2.58. The molecule has 0 saturated carbocycles. The van der Waals surface area contributed by atoms with Crippen LogP contribution < -0.4 is 0 Å². The minimum atomic E-state index is -0.935. The van der Waals surface area contributed by atoms with Crippen molar-refractivity contribution in [2.24, 2.45) is 0 Å². The Morgan fingerprint density at radius 1 is 1.56 bits per heavy atom. The van der Waals surface area contributed by atoms with E-state index < -0.39 is 6.09 Å². The molecule has 5 nitrogen and oxygen atoms in total. The van der Waals surface area contributed by atoms with Gasteiger partial charge in [0.2, 0.25) is 0 Å². The fourth-order valence-electron chi connectivity index (χ4n) is 1.80. The van der Waals surface area contributed by atoms with Crippen LogP contribution in [0.5, 0.6) is 0 Å². The van der Waals surface area contributed by atoms with Gasteiger partial charge in [0.25, 0.3) is 0 Å². The second-order valence-corrected chi connectivity index (χ2v) is 3.76. The summed E-state index contributed by atoms with van der Waals surface area (Å²) in [4.78, 5) is 23.6. The first kappa shape index (κ1) is 12.5. The summed E-state index contributed by atoms with van der Waals surface area (Å²) >= 11 is 0. The fourth-order valence-corrected chi connectivity index (χ4v) is 1.80. The molecule has 0 aromatic carbocycles. The van der Waals surface area contributed by atoms with Crippen molar-refractivity contribution in [3.05, 3.63) is 11.6 Å². The average Bonchev–Trinajstić information content (AvgIpc) is 2.66. The third kappa shape index (κ3) is 2.98. The molecule has 0 aromatic rings. The van der Waals surface area contributed by atoms with E-state index >= 15 is 0 Å². The summed E-state index contributed by atoms with van der Waals surface area (Å²) in [5.41, 5.74) is 0.472. The number of esters is 1. The van der Waals surface area contributed by atoms with Gasteiger partial charge >= 0.3 is 12.1 Å². The number of hydrogen-bond acceptors (Lipinski definition) is 3. The summed E-state index contributed by atoms with van der Waals surface area (Å²) in [7, 11) is 0. The highest BCUT2D eigenvalue weighted by atomic mass is 16.5. The molecule has 1 heterocycles. The summed E-state index contributed by atoms with van der Waals surface area (Å²) in [6.07, 6.45) is 2.35. The number of rotatable bonds is 3. The maximum Gasteiger partial charge on any atom is 0.407 e. The van der Waals surface area contributed by atoms with Crippen LogP contribution in [0.15, 0.2) is 11.6 Å². The van der Waals surface area contributed by atoms with Crippen molar-refractivity contribution in [1.82, 2.24) is 4.90 Å². The Labute approximate surface area is 94.7 Å². The molecule has 1 aliphatic heterocycles. The van der Waals surface area contributed by atoms with Crippen LogP contribution in [0.1, 0.15) is 26.7 Å². The van der Waals surface area contributed by atoms with Crippen molar-refractivity contribution in [2.75, 3.05) is 13.2 Å². The van der Waals surface area contributed by atoms with Crippen LogP contribution in [-0.4, -0.2) is 41.3 Å². The normalized spacial score (nSPS) is 21.0. The van der Waals surface area contributed by atoms with Crippen molar-refractivity contribution >= 4 is 12.1 Å². The maximum absolute atomic E-state index is 11.4. The quantitative estimate of drug-likeness (QED) is 0.588. The number of likely N-dealkylation sites (tertiary alicyclic amines) is 1. The number of carboxylic acid groups (broad SMARTS) is 1. The zero-order valence-electron chi connectivity index (χ0n) is 9.60. The molecule has 1 fully saturated rings. The molecule has 0 aliphatic carbocycles. The van der Waals surface area contributed by atoms with Crippen LogP contribution in [0.25, 0.3) is 0 Å². The lowest BCUT2D eigenvalue weighted by Crippen LogP contribution is -2.33. The zero-order chi connectivity index (χ0) is 12.1. The lowest BCUT2D eigenvalue weighted by molar-refractivity contribution is -0.138. The second-order valence-electron chi connectivity index (χ2n) is 3.76. The molecule has 90 valence electrons. The molecule has 0 aromatic heterocycles. The van der Waals surface area contributed by atoms with Gasteiger partial charge in [-0.05, 0) is 26.7 Å². The predicted molar refractivity (Wildman–Crippen MR) is 58.1 cm³/mol. The van der Waals surface area contributed by atoms with E-state index in [1.54, 1.807) is 19.9 Å². The molecule has 5 heteroatoms. The molecule has 1 amide bonds. The topological polar surface area (TPSA) is 66.8 Å². The van der Waals surface area contributed by atoms with Crippen LogP contribution in [0.3, 0.4) is 0 Å². The lowest BCUT2D eigenvalue weighted by atomic mass is 10.1. The van der Waals surface area contributed by atoms with E-state index in [0.717, 1.165) is 12.8 Å². The number of amides is 1. The first-order valence-corrected chi connectivity index (χ1v) is 5.41. The number of nitrogens with zero attached hydrogens (tertiary/aromatic N) is 1. The standard InChI is InChI=1S/C11H17NO4/c1-3-16-10(13)8(2)7-9-5-4-6-12(9)11(14)15/h7,9H,3-6H2,1-2H3,(H,14,15)/t9-/m0/s1. The van der Waals surface area contributed by atoms with Crippen LogP contribution in [-0.2, 0) is 9.53 Å². The first-order valence-electron chi connectivity index (χ1n) is 5.41. The van der Waals surface area contributed by atoms with Crippen molar-refractivity contribution in [3.63, 3.8) is 0 Å². The number of ether oxygens (including phenoxy) is 1. The molecule has 1 N–H and O–H groups in total. The summed E-state index contributed by atoms with van der Waals surface area (Å²) in [6.45, 7) is 4.25. The first-order chi connectivity index (χ1) is 7.56. The van der Waals surface area contributed by atoms with E-state index in [0.29, 0.717) is 18.7 Å².